The molecule has 0 aliphatic carbocycles. The molecular formula is C10H8O3S2. The van der Waals surface area contributed by atoms with Crippen molar-refractivity contribution in [1.29, 1.82) is 0 Å². The third kappa shape index (κ3) is 1.88. The van der Waals surface area contributed by atoms with Gasteiger partial charge in [-0.25, -0.2) is 4.79 Å². The van der Waals surface area contributed by atoms with Crippen molar-refractivity contribution in [3.05, 3.63) is 29.1 Å². The van der Waals surface area contributed by atoms with E-state index < -0.39 is 5.97 Å². The topological polar surface area (TPSA) is 46.5 Å². The highest BCUT2D eigenvalue weighted by atomic mass is 32.1. The van der Waals surface area contributed by atoms with E-state index in [0.717, 1.165) is 14.8 Å². The average Bonchev–Trinajstić information content (AvgIpc) is 2.85. The zero-order valence-corrected chi connectivity index (χ0v) is 9.52. The largest absolute Gasteiger partial charge is 0.487 e. The van der Waals surface area contributed by atoms with Gasteiger partial charge in [-0.05, 0) is 23.6 Å². The summed E-state index contributed by atoms with van der Waals surface area (Å²) in [5.41, 5.74) is 0.351. The monoisotopic (exact) mass is 240 g/mol. The van der Waals surface area contributed by atoms with Gasteiger partial charge >= 0.3 is 5.97 Å². The molecular weight excluding hydrogens is 232 g/mol. The number of carbonyl (C=O) groups is 1. The summed E-state index contributed by atoms with van der Waals surface area (Å²) in [6.07, 6.45) is 0. The molecule has 0 aliphatic heterocycles. The van der Waals surface area contributed by atoms with Crippen molar-refractivity contribution in [3.8, 4) is 14.8 Å². The maximum atomic E-state index is 10.9. The Bertz CT molecular complexity index is 484. The molecule has 0 aromatic carbocycles. The molecule has 0 bridgehead atoms. The summed E-state index contributed by atoms with van der Waals surface area (Å²) in [4.78, 5) is 12.6. The standard InChI is InChI=1S/C10H8O3S2/c1-13-8-3-2-7(15-8)9-6(10(11)12)4-5-14-9/h2-5H,1H3,(H,11,12). The predicted octanol–water partition coefficient (Wildman–Crippen LogP) is 3.18. The van der Waals surface area contributed by atoms with Gasteiger partial charge in [0.2, 0.25) is 0 Å². The predicted molar refractivity (Wildman–Crippen MR) is 61.1 cm³/mol. The molecule has 5 heteroatoms. The quantitative estimate of drug-likeness (QED) is 0.896. The first-order valence-electron chi connectivity index (χ1n) is 4.17. The van der Waals surface area contributed by atoms with Crippen LogP contribution in [0.1, 0.15) is 10.4 Å². The second kappa shape index (κ2) is 4.04. The van der Waals surface area contributed by atoms with Crippen LogP contribution in [0.3, 0.4) is 0 Å². The summed E-state index contributed by atoms with van der Waals surface area (Å²) in [7, 11) is 1.60. The molecule has 2 rings (SSSR count). The summed E-state index contributed by atoms with van der Waals surface area (Å²) in [6, 6.07) is 5.33. The second-order valence-electron chi connectivity index (χ2n) is 2.79. The van der Waals surface area contributed by atoms with E-state index >= 15 is 0 Å². The first-order valence-corrected chi connectivity index (χ1v) is 5.87. The zero-order chi connectivity index (χ0) is 10.8. The molecule has 78 valence electrons. The summed E-state index contributed by atoms with van der Waals surface area (Å²) >= 11 is 2.88. The molecule has 2 aromatic rings. The summed E-state index contributed by atoms with van der Waals surface area (Å²) in [6.45, 7) is 0. The van der Waals surface area contributed by atoms with Gasteiger partial charge in [0.05, 0.1) is 17.6 Å². The fraction of sp³-hybridized carbons (Fsp3) is 0.100. The van der Waals surface area contributed by atoms with Gasteiger partial charge in [0.25, 0.3) is 0 Å². The molecule has 0 saturated carbocycles. The van der Waals surface area contributed by atoms with E-state index in [2.05, 4.69) is 0 Å². The van der Waals surface area contributed by atoms with Crippen LogP contribution in [0.25, 0.3) is 9.75 Å². The Morgan fingerprint density at radius 3 is 2.80 bits per heavy atom. The van der Waals surface area contributed by atoms with Crippen LogP contribution in [0.5, 0.6) is 5.06 Å². The number of rotatable bonds is 3. The van der Waals surface area contributed by atoms with Crippen LogP contribution in [0.4, 0.5) is 0 Å². The fourth-order valence-corrected chi connectivity index (χ4v) is 3.07. The molecule has 1 N–H and O–H groups in total. The molecule has 0 fully saturated rings. The lowest BCUT2D eigenvalue weighted by molar-refractivity contribution is 0.0698. The number of hydrogen-bond acceptors (Lipinski definition) is 4. The third-order valence-corrected chi connectivity index (χ3v) is 4.04. The first-order chi connectivity index (χ1) is 7.22. The van der Waals surface area contributed by atoms with Gasteiger partial charge in [-0.2, -0.15) is 0 Å². The van der Waals surface area contributed by atoms with Crippen molar-refractivity contribution >= 4 is 28.6 Å². The highest BCUT2D eigenvalue weighted by Gasteiger charge is 2.14. The number of methoxy groups -OCH3 is 1. The Morgan fingerprint density at radius 1 is 1.40 bits per heavy atom. The molecule has 15 heavy (non-hydrogen) atoms. The van der Waals surface area contributed by atoms with Gasteiger partial charge < -0.3 is 9.84 Å². The van der Waals surface area contributed by atoms with Crippen molar-refractivity contribution < 1.29 is 14.6 Å². The van der Waals surface area contributed by atoms with E-state index in [0.29, 0.717) is 5.56 Å². The van der Waals surface area contributed by atoms with Gasteiger partial charge in [-0.1, -0.05) is 11.3 Å². The number of hydrogen-bond donors (Lipinski definition) is 1. The van der Waals surface area contributed by atoms with Crippen molar-refractivity contribution in [3.63, 3.8) is 0 Å². The van der Waals surface area contributed by atoms with Crippen LogP contribution < -0.4 is 4.74 Å². The normalized spacial score (nSPS) is 10.2. The molecule has 2 heterocycles. The zero-order valence-electron chi connectivity index (χ0n) is 7.89. The highest BCUT2D eigenvalue weighted by molar-refractivity contribution is 7.22. The Kier molecular flexibility index (Phi) is 2.75. The lowest BCUT2D eigenvalue weighted by Gasteiger charge is -1.95. The molecule has 0 unspecified atom stereocenters. The van der Waals surface area contributed by atoms with Crippen LogP contribution in [-0.2, 0) is 0 Å². The van der Waals surface area contributed by atoms with Gasteiger partial charge in [0.1, 0.15) is 0 Å². The molecule has 0 radical (unpaired) electrons. The summed E-state index contributed by atoms with van der Waals surface area (Å²) < 4.78 is 5.07. The lowest BCUT2D eigenvalue weighted by Crippen LogP contribution is -1.94. The van der Waals surface area contributed by atoms with Gasteiger partial charge in [0, 0.05) is 4.88 Å². The summed E-state index contributed by atoms with van der Waals surface area (Å²) in [5, 5.41) is 11.5. The van der Waals surface area contributed by atoms with E-state index in [1.807, 2.05) is 12.1 Å². The fourth-order valence-electron chi connectivity index (χ4n) is 1.22. The Balaban J connectivity index is 2.44. The van der Waals surface area contributed by atoms with Crippen LogP contribution in [-0.4, -0.2) is 18.2 Å². The molecule has 0 amide bonds. The number of ether oxygens (including phenoxy) is 1. The van der Waals surface area contributed by atoms with Gasteiger partial charge in [0.15, 0.2) is 5.06 Å². The Morgan fingerprint density at radius 2 is 2.20 bits per heavy atom. The number of carboxylic acid groups (broad SMARTS) is 1. The van der Waals surface area contributed by atoms with Crippen LogP contribution in [0, 0.1) is 0 Å². The SMILES string of the molecule is COc1ccc(-c2sccc2C(=O)O)s1. The number of carboxylic acids is 1. The minimum absolute atomic E-state index is 0.351. The van der Waals surface area contributed by atoms with Crippen molar-refractivity contribution in [2.24, 2.45) is 0 Å². The smallest absolute Gasteiger partial charge is 0.337 e. The maximum Gasteiger partial charge on any atom is 0.337 e. The van der Waals surface area contributed by atoms with Crippen molar-refractivity contribution in [2.75, 3.05) is 7.11 Å². The minimum atomic E-state index is -0.890. The maximum absolute atomic E-state index is 10.9. The molecule has 2 aromatic heterocycles. The minimum Gasteiger partial charge on any atom is -0.487 e. The highest BCUT2D eigenvalue weighted by Crippen LogP contribution is 2.37. The van der Waals surface area contributed by atoms with Gasteiger partial charge in [-0.15, -0.1) is 11.3 Å². The van der Waals surface area contributed by atoms with E-state index in [9.17, 15) is 4.79 Å². The molecule has 0 saturated heterocycles. The Hall–Kier alpha value is -1.33. The van der Waals surface area contributed by atoms with Crippen LogP contribution in [0.2, 0.25) is 0 Å². The second-order valence-corrected chi connectivity index (χ2v) is 4.75. The number of aromatic carboxylic acids is 1. The summed E-state index contributed by atoms with van der Waals surface area (Å²) in [5.74, 6) is -0.890. The van der Waals surface area contributed by atoms with E-state index in [1.165, 1.54) is 22.7 Å². The average molecular weight is 240 g/mol. The van der Waals surface area contributed by atoms with Crippen molar-refractivity contribution in [1.82, 2.24) is 0 Å². The third-order valence-electron chi connectivity index (χ3n) is 1.90. The van der Waals surface area contributed by atoms with E-state index in [4.69, 9.17) is 9.84 Å². The van der Waals surface area contributed by atoms with Crippen LogP contribution >= 0.6 is 22.7 Å². The van der Waals surface area contributed by atoms with E-state index in [1.54, 1.807) is 18.6 Å². The van der Waals surface area contributed by atoms with Crippen LogP contribution in [0.15, 0.2) is 23.6 Å². The molecule has 0 spiro atoms. The molecule has 0 atom stereocenters. The number of thiophene rings is 2. The molecule has 0 aliphatic rings. The Labute approximate surface area is 94.6 Å². The van der Waals surface area contributed by atoms with E-state index in [-0.39, 0.29) is 0 Å². The van der Waals surface area contributed by atoms with Crippen molar-refractivity contribution in [2.45, 2.75) is 0 Å². The van der Waals surface area contributed by atoms with Gasteiger partial charge in [-0.3, -0.25) is 0 Å². The molecule has 3 nitrogen and oxygen atoms in total. The lowest BCUT2D eigenvalue weighted by atomic mass is 10.2. The first kappa shape index (κ1) is 10.2.